The summed E-state index contributed by atoms with van der Waals surface area (Å²) in [6, 6.07) is 12.8. The van der Waals surface area contributed by atoms with Gasteiger partial charge in [0, 0.05) is 17.2 Å². The Kier molecular flexibility index (Phi) is 7.61. The van der Waals surface area contributed by atoms with Gasteiger partial charge < -0.3 is 14.9 Å². The third kappa shape index (κ3) is 6.12. The third-order valence-electron chi connectivity index (χ3n) is 4.24. The van der Waals surface area contributed by atoms with E-state index in [0.717, 1.165) is 22.8 Å². The predicted octanol–water partition coefficient (Wildman–Crippen LogP) is 2.68. The highest BCUT2D eigenvalue weighted by molar-refractivity contribution is 7.99. The Hall–Kier alpha value is -2.25. The van der Waals surface area contributed by atoms with Gasteiger partial charge in [0.2, 0.25) is 0 Å². The number of hydrogen-bond acceptors (Lipinski definition) is 4. The normalized spacial score (nSPS) is 12.7. The SMILES string of the molecule is CN(C)CCSc1ccc(/C=c2\[nH]c(=O)/c(=C/c3ccc(Cl)c(Cl)c3)[nH]c2=O)cc1. The van der Waals surface area contributed by atoms with Crippen LogP contribution in [-0.4, -0.2) is 41.3 Å². The summed E-state index contributed by atoms with van der Waals surface area (Å²) < 4.78 is 0. The summed E-state index contributed by atoms with van der Waals surface area (Å²) in [5.41, 5.74) is 0.701. The van der Waals surface area contributed by atoms with Gasteiger partial charge in [-0.2, -0.15) is 0 Å². The lowest BCUT2D eigenvalue weighted by molar-refractivity contribution is 0.437. The molecule has 1 aromatic heterocycles. The van der Waals surface area contributed by atoms with Crippen LogP contribution in [0.1, 0.15) is 11.1 Å². The van der Waals surface area contributed by atoms with Gasteiger partial charge in [-0.1, -0.05) is 41.4 Å². The van der Waals surface area contributed by atoms with E-state index in [9.17, 15) is 9.59 Å². The minimum atomic E-state index is -0.400. The van der Waals surface area contributed by atoms with Crippen LogP contribution in [0, 0.1) is 0 Å². The Morgan fingerprint density at radius 2 is 1.43 bits per heavy atom. The molecule has 0 spiro atoms. The van der Waals surface area contributed by atoms with Crippen LogP contribution in [0.15, 0.2) is 56.9 Å². The molecule has 0 atom stereocenters. The van der Waals surface area contributed by atoms with Crippen LogP contribution in [0.25, 0.3) is 12.2 Å². The van der Waals surface area contributed by atoms with Gasteiger partial charge in [-0.3, -0.25) is 9.59 Å². The first-order valence-electron chi connectivity index (χ1n) is 9.20. The number of nitrogens with zero attached hydrogens (tertiary/aromatic N) is 1. The van der Waals surface area contributed by atoms with E-state index in [1.54, 1.807) is 42.1 Å². The second-order valence-corrected chi connectivity index (χ2v) is 8.90. The molecule has 3 rings (SSSR count). The monoisotopic (exact) mass is 461 g/mol. The number of nitrogens with one attached hydrogen (secondary N) is 2. The van der Waals surface area contributed by atoms with Crippen molar-refractivity contribution < 1.29 is 0 Å². The lowest BCUT2D eigenvalue weighted by Crippen LogP contribution is -2.46. The van der Waals surface area contributed by atoms with Gasteiger partial charge in [0.25, 0.3) is 11.1 Å². The third-order valence-corrected chi connectivity index (χ3v) is 5.97. The van der Waals surface area contributed by atoms with Gasteiger partial charge in [-0.15, -0.1) is 11.8 Å². The molecule has 0 saturated carbocycles. The number of benzene rings is 2. The van der Waals surface area contributed by atoms with Crippen molar-refractivity contribution in [2.45, 2.75) is 4.90 Å². The van der Waals surface area contributed by atoms with E-state index in [4.69, 9.17) is 23.2 Å². The molecule has 2 N–H and O–H groups in total. The minimum absolute atomic E-state index is 0.142. The fraction of sp³-hybridized carbons (Fsp3) is 0.182. The molecular weight excluding hydrogens is 441 g/mol. The molecule has 0 unspecified atom stereocenters. The van der Waals surface area contributed by atoms with Crippen molar-refractivity contribution in [3.8, 4) is 0 Å². The highest BCUT2D eigenvalue weighted by atomic mass is 35.5. The lowest BCUT2D eigenvalue weighted by Gasteiger charge is -2.08. The van der Waals surface area contributed by atoms with Crippen LogP contribution < -0.4 is 21.8 Å². The molecule has 8 heteroatoms. The number of thioether (sulfide) groups is 1. The van der Waals surface area contributed by atoms with Gasteiger partial charge in [-0.05, 0) is 61.6 Å². The van der Waals surface area contributed by atoms with Crippen molar-refractivity contribution in [3.05, 3.63) is 95.0 Å². The molecule has 0 aliphatic carbocycles. The van der Waals surface area contributed by atoms with E-state index < -0.39 is 5.56 Å². The standard InChI is InChI=1S/C22H21Cl2N3O2S/c1-27(2)9-10-30-16-6-3-14(4-7-16)12-19-21(28)26-20(22(29)25-19)13-15-5-8-17(23)18(24)11-15/h3-8,11-13H,9-10H2,1-2H3,(H,25,29)(H,26,28)/b19-12-,20-13-. The fourth-order valence-corrected chi connectivity index (χ4v) is 3.97. The summed E-state index contributed by atoms with van der Waals surface area (Å²) in [6.45, 7) is 1.00. The van der Waals surface area contributed by atoms with Gasteiger partial charge in [0.05, 0.1) is 10.0 Å². The first-order chi connectivity index (χ1) is 14.3. The van der Waals surface area contributed by atoms with Crippen molar-refractivity contribution in [2.24, 2.45) is 0 Å². The zero-order chi connectivity index (χ0) is 21.7. The van der Waals surface area contributed by atoms with Crippen molar-refractivity contribution >= 4 is 47.1 Å². The average Bonchev–Trinajstić information content (AvgIpc) is 2.69. The first-order valence-corrected chi connectivity index (χ1v) is 10.9. The van der Waals surface area contributed by atoms with Crippen LogP contribution in [0.3, 0.4) is 0 Å². The van der Waals surface area contributed by atoms with Gasteiger partial charge >= 0.3 is 0 Å². The van der Waals surface area contributed by atoms with Gasteiger partial charge in [0.15, 0.2) is 0 Å². The van der Waals surface area contributed by atoms with Gasteiger partial charge in [0.1, 0.15) is 10.7 Å². The van der Waals surface area contributed by atoms with Crippen molar-refractivity contribution in [3.63, 3.8) is 0 Å². The first kappa shape index (κ1) is 22.4. The van der Waals surface area contributed by atoms with E-state index in [-0.39, 0.29) is 16.3 Å². The number of hydrogen-bond donors (Lipinski definition) is 2. The van der Waals surface area contributed by atoms with E-state index in [1.807, 2.05) is 38.4 Å². The van der Waals surface area contributed by atoms with Crippen LogP contribution in [0.4, 0.5) is 0 Å². The number of halogens is 2. The van der Waals surface area contributed by atoms with E-state index >= 15 is 0 Å². The zero-order valence-corrected chi connectivity index (χ0v) is 18.9. The molecular formula is C22H21Cl2N3O2S. The second-order valence-electron chi connectivity index (χ2n) is 6.92. The van der Waals surface area contributed by atoms with Gasteiger partial charge in [-0.25, -0.2) is 0 Å². The van der Waals surface area contributed by atoms with Crippen LogP contribution in [0.5, 0.6) is 0 Å². The summed E-state index contributed by atoms with van der Waals surface area (Å²) in [4.78, 5) is 33.4. The lowest BCUT2D eigenvalue weighted by atomic mass is 10.2. The molecule has 0 aliphatic heterocycles. The number of rotatable bonds is 6. The molecule has 2 aromatic carbocycles. The molecule has 3 aromatic rings. The Bertz CT molecular complexity index is 1270. The maximum atomic E-state index is 12.4. The Balaban J connectivity index is 1.87. The average molecular weight is 462 g/mol. The van der Waals surface area contributed by atoms with Crippen LogP contribution >= 0.6 is 35.0 Å². The highest BCUT2D eigenvalue weighted by Gasteiger charge is 2.01. The topological polar surface area (TPSA) is 69.0 Å². The molecule has 0 fully saturated rings. The molecule has 0 radical (unpaired) electrons. The summed E-state index contributed by atoms with van der Waals surface area (Å²) >= 11 is 13.7. The van der Waals surface area contributed by atoms with E-state index in [1.165, 1.54) is 0 Å². The van der Waals surface area contributed by atoms with Crippen LogP contribution in [0.2, 0.25) is 10.0 Å². The largest absolute Gasteiger partial charge is 0.316 e. The number of aromatic nitrogens is 2. The molecule has 5 nitrogen and oxygen atoms in total. The quantitative estimate of drug-likeness (QED) is 0.553. The molecule has 0 bridgehead atoms. The number of H-pyrrole nitrogens is 2. The summed E-state index contributed by atoms with van der Waals surface area (Å²) in [6.07, 6.45) is 3.20. The highest BCUT2D eigenvalue weighted by Crippen LogP contribution is 2.22. The van der Waals surface area contributed by atoms with Crippen molar-refractivity contribution in [2.75, 3.05) is 26.4 Å². The number of aromatic amines is 2. The van der Waals surface area contributed by atoms with Crippen LogP contribution in [-0.2, 0) is 0 Å². The molecule has 30 heavy (non-hydrogen) atoms. The Labute approximate surface area is 188 Å². The Morgan fingerprint density at radius 1 is 0.867 bits per heavy atom. The van der Waals surface area contributed by atoms with E-state index in [0.29, 0.717) is 15.6 Å². The zero-order valence-electron chi connectivity index (χ0n) is 16.5. The maximum absolute atomic E-state index is 12.4. The predicted molar refractivity (Wildman–Crippen MR) is 126 cm³/mol. The summed E-state index contributed by atoms with van der Waals surface area (Å²) in [5.74, 6) is 1.000. The molecule has 0 saturated heterocycles. The molecule has 0 aliphatic rings. The minimum Gasteiger partial charge on any atom is -0.316 e. The maximum Gasteiger partial charge on any atom is 0.272 e. The second kappa shape index (κ2) is 10.2. The molecule has 0 amide bonds. The van der Waals surface area contributed by atoms with Crippen molar-refractivity contribution in [1.29, 1.82) is 0 Å². The van der Waals surface area contributed by atoms with E-state index in [2.05, 4.69) is 14.9 Å². The molecule has 1 heterocycles. The van der Waals surface area contributed by atoms with Crippen molar-refractivity contribution in [1.82, 2.24) is 14.9 Å². The Morgan fingerprint density at radius 3 is 2.00 bits per heavy atom. The summed E-state index contributed by atoms with van der Waals surface area (Å²) in [7, 11) is 4.09. The smallest absolute Gasteiger partial charge is 0.272 e. The summed E-state index contributed by atoms with van der Waals surface area (Å²) in [5, 5.41) is 1.13. The molecule has 156 valence electrons. The fourth-order valence-electron chi connectivity index (χ4n) is 2.64.